The van der Waals surface area contributed by atoms with Gasteiger partial charge in [0.2, 0.25) is 11.2 Å². The normalized spacial score (nSPS) is 7.88. The summed E-state index contributed by atoms with van der Waals surface area (Å²) in [5, 5.41) is 3.11. The maximum Gasteiger partial charge on any atom is 0.441 e. The van der Waals surface area contributed by atoms with Gasteiger partial charge in [0.1, 0.15) is 0 Å². The van der Waals surface area contributed by atoms with Gasteiger partial charge in [-0.1, -0.05) is 18.4 Å². The summed E-state index contributed by atoms with van der Waals surface area (Å²) in [6, 6.07) is 0. The van der Waals surface area contributed by atoms with E-state index in [-0.39, 0.29) is 0 Å². The van der Waals surface area contributed by atoms with Crippen LogP contribution in [0.2, 0.25) is 0 Å². The molecule has 0 aliphatic carbocycles. The highest BCUT2D eigenvalue weighted by molar-refractivity contribution is 7.57. The molecule has 0 aromatic carbocycles. The van der Waals surface area contributed by atoms with E-state index < -0.39 is 7.81 Å². The van der Waals surface area contributed by atoms with Crippen LogP contribution < -0.4 is 5.32 Å². The van der Waals surface area contributed by atoms with Crippen LogP contribution in [0.25, 0.3) is 0 Å². The van der Waals surface area contributed by atoms with Gasteiger partial charge in [-0.2, -0.15) is 0 Å². The van der Waals surface area contributed by atoms with Crippen LogP contribution in [0.1, 0.15) is 13.8 Å². The van der Waals surface area contributed by atoms with Crippen molar-refractivity contribution in [2.75, 3.05) is 13.1 Å². The second-order valence-corrected chi connectivity index (χ2v) is 1.65. The average molecular weight is 157 g/mol. The lowest BCUT2D eigenvalue weighted by molar-refractivity contribution is 0.605. The van der Waals surface area contributed by atoms with Crippen LogP contribution in [-0.2, 0) is 4.57 Å². The molecule has 0 bridgehead atoms. The standard InChI is InChI=1S/C4H11N.ClOP/c1-3-5-4-2;1-3-2/h5H,3-4H2,1-2H3;/p+1. The van der Waals surface area contributed by atoms with Gasteiger partial charge >= 0.3 is 7.81 Å². The molecule has 0 rings (SSSR count). The molecular weight excluding hydrogens is 144 g/mol. The Morgan fingerprint density at radius 1 is 1.50 bits per heavy atom. The topological polar surface area (TPSA) is 29.1 Å². The molecule has 0 radical (unpaired) electrons. The number of rotatable bonds is 2. The van der Waals surface area contributed by atoms with E-state index in [2.05, 4.69) is 30.4 Å². The van der Waals surface area contributed by atoms with Crippen LogP contribution in [0.5, 0.6) is 0 Å². The molecule has 0 heterocycles. The van der Waals surface area contributed by atoms with Crippen molar-refractivity contribution in [3.05, 3.63) is 0 Å². The van der Waals surface area contributed by atoms with Gasteiger partial charge in [-0.3, -0.25) is 0 Å². The molecule has 2 nitrogen and oxygen atoms in total. The summed E-state index contributed by atoms with van der Waals surface area (Å²) in [4.78, 5) is 0. The Kier molecular flexibility index (Phi) is 21.9. The Labute approximate surface area is 56.6 Å². The summed E-state index contributed by atoms with van der Waals surface area (Å²) in [7, 11) is -0.694. The fourth-order valence-electron chi connectivity index (χ4n) is 0.250. The Bertz CT molecular complexity index is 43.0. The lowest BCUT2D eigenvalue weighted by Crippen LogP contribution is -2.09. The van der Waals surface area contributed by atoms with E-state index in [0.29, 0.717) is 0 Å². The van der Waals surface area contributed by atoms with E-state index in [0.717, 1.165) is 13.1 Å². The molecule has 0 saturated carbocycles. The van der Waals surface area contributed by atoms with Gasteiger partial charge in [-0.15, -0.1) is 0 Å². The maximum absolute atomic E-state index is 8.72. The fraction of sp³-hybridized carbons (Fsp3) is 1.00. The van der Waals surface area contributed by atoms with E-state index in [1.807, 2.05) is 0 Å². The molecular formula is C4H12ClNOP+. The molecule has 1 N–H and O–H groups in total. The molecule has 50 valence electrons. The smallest absolute Gasteiger partial charge is 0.317 e. The molecule has 0 saturated heterocycles. The van der Waals surface area contributed by atoms with Crippen molar-refractivity contribution in [2.45, 2.75) is 13.8 Å². The van der Waals surface area contributed by atoms with Crippen LogP contribution in [0, 0.1) is 0 Å². The third kappa shape index (κ3) is 32.9. The van der Waals surface area contributed by atoms with Gasteiger partial charge in [0.15, 0.2) is 0 Å². The highest BCUT2D eigenvalue weighted by Gasteiger charge is 1.62. The first-order valence-corrected chi connectivity index (χ1v) is 4.43. The first-order valence-electron chi connectivity index (χ1n) is 2.51. The highest BCUT2D eigenvalue weighted by Crippen LogP contribution is 1.92. The van der Waals surface area contributed by atoms with E-state index in [9.17, 15) is 0 Å². The minimum Gasteiger partial charge on any atom is -0.317 e. The van der Waals surface area contributed by atoms with Crippen molar-refractivity contribution >= 4 is 19.1 Å². The predicted octanol–water partition coefficient (Wildman–Crippen LogP) is 1.78. The Morgan fingerprint density at radius 2 is 1.75 bits per heavy atom. The number of hydrogen-bond acceptors (Lipinski definition) is 2. The first kappa shape index (κ1) is 11.2. The van der Waals surface area contributed by atoms with Crippen LogP contribution in [-0.4, -0.2) is 13.1 Å². The molecule has 4 heteroatoms. The second-order valence-electron chi connectivity index (χ2n) is 1.03. The van der Waals surface area contributed by atoms with Crippen molar-refractivity contribution in [1.29, 1.82) is 0 Å². The van der Waals surface area contributed by atoms with Crippen LogP contribution in [0.15, 0.2) is 0 Å². The molecule has 1 atom stereocenters. The summed E-state index contributed by atoms with van der Waals surface area (Å²) in [6.07, 6.45) is 0. The van der Waals surface area contributed by atoms with Gasteiger partial charge in [0.25, 0.3) is 0 Å². The van der Waals surface area contributed by atoms with Crippen molar-refractivity contribution in [2.24, 2.45) is 0 Å². The van der Waals surface area contributed by atoms with Crippen molar-refractivity contribution < 1.29 is 4.57 Å². The number of nitrogens with one attached hydrogen (secondary N) is 1. The average Bonchev–Trinajstić information content (AvgIpc) is 1.71. The Balaban J connectivity index is 0. The quantitative estimate of drug-likeness (QED) is 0.618. The highest BCUT2D eigenvalue weighted by atomic mass is 35.7. The van der Waals surface area contributed by atoms with Gasteiger partial charge < -0.3 is 5.32 Å². The minimum absolute atomic E-state index is 0.694. The van der Waals surface area contributed by atoms with Gasteiger partial charge in [-0.25, -0.2) is 0 Å². The predicted molar refractivity (Wildman–Crippen MR) is 39.1 cm³/mol. The van der Waals surface area contributed by atoms with E-state index >= 15 is 0 Å². The van der Waals surface area contributed by atoms with Gasteiger partial charge in [0, 0.05) is 0 Å². The number of hydrogen-bond donors (Lipinski definition) is 1. The van der Waals surface area contributed by atoms with Crippen molar-refractivity contribution in [3.8, 4) is 0 Å². The monoisotopic (exact) mass is 156 g/mol. The molecule has 0 aliphatic heterocycles. The molecule has 1 unspecified atom stereocenters. The van der Waals surface area contributed by atoms with Crippen molar-refractivity contribution in [1.82, 2.24) is 5.32 Å². The minimum atomic E-state index is -0.694. The van der Waals surface area contributed by atoms with E-state index in [1.54, 1.807) is 0 Å². The zero-order valence-corrected chi connectivity index (χ0v) is 6.96. The molecule has 0 fully saturated rings. The van der Waals surface area contributed by atoms with E-state index in [1.165, 1.54) is 0 Å². The molecule has 8 heavy (non-hydrogen) atoms. The first-order chi connectivity index (χ1) is 3.83. The third-order valence-corrected chi connectivity index (χ3v) is 0.500. The van der Waals surface area contributed by atoms with Crippen LogP contribution in [0.3, 0.4) is 0 Å². The Hall–Kier alpha value is 0.350. The maximum atomic E-state index is 8.72. The SMILES string of the molecule is CCNCC.O=[PH+]Cl. The largest absolute Gasteiger partial charge is 0.441 e. The molecule has 0 amide bonds. The third-order valence-electron chi connectivity index (χ3n) is 0.500. The Morgan fingerprint density at radius 3 is 1.75 bits per heavy atom. The van der Waals surface area contributed by atoms with E-state index in [4.69, 9.17) is 4.57 Å². The van der Waals surface area contributed by atoms with Gasteiger partial charge in [0.05, 0.1) is 0 Å². The fourth-order valence-corrected chi connectivity index (χ4v) is 0.250. The zero-order valence-electron chi connectivity index (χ0n) is 5.20. The lowest BCUT2D eigenvalue weighted by Gasteiger charge is -1.86. The van der Waals surface area contributed by atoms with Crippen molar-refractivity contribution in [3.63, 3.8) is 0 Å². The second kappa shape index (κ2) is 15.7. The summed E-state index contributed by atoms with van der Waals surface area (Å²) in [5.41, 5.74) is 0. The summed E-state index contributed by atoms with van der Waals surface area (Å²) in [5.74, 6) is 0. The number of halogens is 1. The summed E-state index contributed by atoms with van der Waals surface area (Å²) >= 11 is 4.47. The zero-order chi connectivity index (χ0) is 6.83. The van der Waals surface area contributed by atoms with Gasteiger partial charge in [-0.05, 0) is 13.1 Å². The molecule has 0 aliphatic rings. The molecule has 0 spiro atoms. The van der Waals surface area contributed by atoms with Crippen LogP contribution in [0.4, 0.5) is 0 Å². The van der Waals surface area contributed by atoms with Crippen LogP contribution >= 0.6 is 19.1 Å². The summed E-state index contributed by atoms with van der Waals surface area (Å²) < 4.78 is 8.72. The lowest BCUT2D eigenvalue weighted by atomic mass is 10.7. The molecule has 0 aromatic heterocycles. The summed E-state index contributed by atoms with van der Waals surface area (Å²) in [6.45, 7) is 6.39. The molecule has 0 aromatic rings.